The largest absolute Gasteiger partial charge is 0.417 e. The Morgan fingerprint density at radius 3 is 2.65 bits per heavy atom. The molecule has 123 valence electrons. The molecule has 1 fully saturated rings. The van der Waals surface area contributed by atoms with E-state index < -0.39 is 17.6 Å². The zero-order valence-corrected chi connectivity index (χ0v) is 13.4. The van der Waals surface area contributed by atoms with Crippen molar-refractivity contribution in [3.8, 4) is 0 Å². The summed E-state index contributed by atoms with van der Waals surface area (Å²) in [6.45, 7) is 0. The Balaban J connectivity index is 2.19. The van der Waals surface area contributed by atoms with E-state index in [9.17, 15) is 18.0 Å². The normalized spacial score (nSPS) is 16.7. The number of hydrogen-bond donors (Lipinski definition) is 1. The van der Waals surface area contributed by atoms with Gasteiger partial charge >= 0.3 is 6.18 Å². The van der Waals surface area contributed by atoms with E-state index >= 15 is 0 Å². The van der Waals surface area contributed by atoms with Crippen molar-refractivity contribution in [3.63, 3.8) is 0 Å². The maximum atomic E-state index is 13.4. The van der Waals surface area contributed by atoms with Crippen molar-refractivity contribution in [2.45, 2.75) is 37.8 Å². The second kappa shape index (κ2) is 6.11. The lowest BCUT2D eigenvalue weighted by atomic mass is 9.86. The van der Waals surface area contributed by atoms with Crippen LogP contribution in [-0.4, -0.2) is 17.9 Å². The standard InChI is InChI=1S/C16H16F3N2OS/c1-20-15(22)10-8-23-14-11(16(17,18)19)7-12(21-13(10)14)9-5-3-2-4-6-9/h2,7-9H,3-6H2,1H3,(H,20,22). The first kappa shape index (κ1) is 16.2. The number of aromatic nitrogens is 1. The SMILES string of the molecule is CNC(=O)c1csc2c(C(F)(F)F)cc(C3CC[CH]CC3)nc12. The minimum atomic E-state index is -4.46. The van der Waals surface area contributed by atoms with Gasteiger partial charge in [0.15, 0.2) is 0 Å². The maximum absolute atomic E-state index is 13.4. The maximum Gasteiger partial charge on any atom is 0.417 e. The van der Waals surface area contributed by atoms with Crippen molar-refractivity contribution in [2.75, 3.05) is 7.05 Å². The van der Waals surface area contributed by atoms with Crippen molar-refractivity contribution >= 4 is 27.5 Å². The Labute approximate surface area is 135 Å². The molecule has 1 radical (unpaired) electrons. The van der Waals surface area contributed by atoms with E-state index in [4.69, 9.17) is 0 Å². The molecule has 0 bridgehead atoms. The van der Waals surface area contributed by atoms with Gasteiger partial charge in [0.1, 0.15) is 0 Å². The van der Waals surface area contributed by atoms with Gasteiger partial charge in [0, 0.05) is 24.0 Å². The number of hydrogen-bond acceptors (Lipinski definition) is 3. The molecule has 0 spiro atoms. The molecule has 0 aromatic carbocycles. The molecule has 2 aromatic rings. The molecule has 0 atom stereocenters. The summed E-state index contributed by atoms with van der Waals surface area (Å²) >= 11 is 0.917. The molecule has 23 heavy (non-hydrogen) atoms. The highest BCUT2D eigenvalue weighted by Crippen LogP contribution is 2.41. The lowest BCUT2D eigenvalue weighted by Crippen LogP contribution is -2.18. The minimum absolute atomic E-state index is 0.0166. The van der Waals surface area contributed by atoms with Crippen LogP contribution in [0.1, 0.15) is 53.2 Å². The van der Waals surface area contributed by atoms with Crippen LogP contribution in [0.3, 0.4) is 0 Å². The Morgan fingerprint density at radius 1 is 1.35 bits per heavy atom. The molecule has 0 aliphatic heterocycles. The molecule has 1 aliphatic rings. The highest BCUT2D eigenvalue weighted by atomic mass is 32.1. The highest BCUT2D eigenvalue weighted by molar-refractivity contribution is 7.17. The summed E-state index contributed by atoms with van der Waals surface area (Å²) in [7, 11) is 1.46. The Morgan fingerprint density at radius 2 is 2.04 bits per heavy atom. The molecule has 0 saturated heterocycles. The van der Waals surface area contributed by atoms with Crippen molar-refractivity contribution in [1.29, 1.82) is 0 Å². The number of carbonyl (C=O) groups excluding carboxylic acids is 1. The van der Waals surface area contributed by atoms with Gasteiger partial charge in [-0.2, -0.15) is 13.2 Å². The molecular weight excluding hydrogens is 325 g/mol. The number of carbonyl (C=O) groups is 1. The lowest BCUT2D eigenvalue weighted by molar-refractivity contribution is -0.136. The highest BCUT2D eigenvalue weighted by Gasteiger charge is 2.36. The third kappa shape index (κ3) is 3.06. The third-order valence-corrected chi connectivity index (χ3v) is 5.18. The number of alkyl halides is 3. The smallest absolute Gasteiger partial charge is 0.355 e. The van der Waals surface area contributed by atoms with E-state index in [0.717, 1.165) is 37.0 Å². The number of halogens is 3. The first-order chi connectivity index (χ1) is 10.9. The van der Waals surface area contributed by atoms with Crippen LogP contribution < -0.4 is 5.32 Å². The number of nitrogens with zero attached hydrogens (tertiary/aromatic N) is 1. The summed E-state index contributed by atoms with van der Waals surface area (Å²) in [4.78, 5) is 16.3. The van der Waals surface area contributed by atoms with Crippen LogP contribution in [0.2, 0.25) is 0 Å². The van der Waals surface area contributed by atoms with Crippen molar-refractivity contribution in [3.05, 3.63) is 34.7 Å². The first-order valence-electron chi connectivity index (χ1n) is 7.45. The quantitative estimate of drug-likeness (QED) is 0.871. The van der Waals surface area contributed by atoms with Gasteiger partial charge in [0.05, 0.1) is 21.3 Å². The first-order valence-corrected chi connectivity index (χ1v) is 8.33. The van der Waals surface area contributed by atoms with Gasteiger partial charge in [-0.05, 0) is 38.2 Å². The Hall–Kier alpha value is -1.63. The number of fused-ring (bicyclic) bond motifs is 1. The second-order valence-corrected chi connectivity index (χ2v) is 6.52. The molecule has 1 N–H and O–H groups in total. The van der Waals surface area contributed by atoms with E-state index in [1.807, 2.05) is 0 Å². The fourth-order valence-corrected chi connectivity index (χ4v) is 3.99. The summed E-state index contributed by atoms with van der Waals surface area (Å²) in [6.07, 6.45) is 1.07. The molecule has 0 unspecified atom stereocenters. The summed E-state index contributed by atoms with van der Waals surface area (Å²) in [5, 5.41) is 3.91. The van der Waals surface area contributed by atoms with Gasteiger partial charge in [0.25, 0.3) is 5.91 Å². The van der Waals surface area contributed by atoms with Crippen LogP contribution in [0.25, 0.3) is 10.2 Å². The molecule has 3 rings (SSSR count). The fourth-order valence-electron chi connectivity index (χ4n) is 2.97. The van der Waals surface area contributed by atoms with Gasteiger partial charge < -0.3 is 5.32 Å². The van der Waals surface area contributed by atoms with Crippen LogP contribution in [-0.2, 0) is 6.18 Å². The minimum Gasteiger partial charge on any atom is -0.355 e. The van der Waals surface area contributed by atoms with Crippen LogP contribution in [0, 0.1) is 6.42 Å². The zero-order valence-electron chi connectivity index (χ0n) is 12.5. The summed E-state index contributed by atoms with van der Waals surface area (Å²) in [6, 6.07) is 1.17. The number of nitrogens with one attached hydrogen (secondary N) is 1. The molecule has 2 heterocycles. The number of thiophene rings is 1. The van der Waals surface area contributed by atoms with Gasteiger partial charge in [-0.15, -0.1) is 11.3 Å². The van der Waals surface area contributed by atoms with E-state index in [1.54, 1.807) is 0 Å². The number of pyridine rings is 1. The number of amides is 1. The van der Waals surface area contributed by atoms with E-state index in [0.29, 0.717) is 5.69 Å². The molecule has 1 aliphatic carbocycles. The van der Waals surface area contributed by atoms with Crippen molar-refractivity contribution in [1.82, 2.24) is 10.3 Å². The van der Waals surface area contributed by atoms with Gasteiger partial charge in [-0.3, -0.25) is 9.78 Å². The van der Waals surface area contributed by atoms with Gasteiger partial charge in [-0.1, -0.05) is 0 Å². The summed E-state index contributed by atoms with van der Waals surface area (Å²) < 4.78 is 40.3. The average molecular weight is 341 g/mol. The number of rotatable bonds is 2. The topological polar surface area (TPSA) is 42.0 Å². The molecular formula is C16H16F3N2OS. The predicted molar refractivity (Wildman–Crippen MR) is 83.5 cm³/mol. The zero-order chi connectivity index (χ0) is 16.6. The second-order valence-electron chi connectivity index (χ2n) is 5.64. The summed E-state index contributed by atoms with van der Waals surface area (Å²) in [5.74, 6) is -0.395. The average Bonchev–Trinajstić information content (AvgIpc) is 2.97. The van der Waals surface area contributed by atoms with E-state index in [1.165, 1.54) is 18.5 Å². The Kier molecular flexibility index (Phi) is 4.31. The third-order valence-electron chi connectivity index (χ3n) is 4.18. The van der Waals surface area contributed by atoms with Crippen molar-refractivity contribution < 1.29 is 18.0 Å². The lowest BCUT2D eigenvalue weighted by Gasteiger charge is -2.22. The molecule has 2 aromatic heterocycles. The van der Waals surface area contributed by atoms with E-state index in [2.05, 4.69) is 16.7 Å². The fraction of sp³-hybridized carbons (Fsp3) is 0.438. The monoisotopic (exact) mass is 341 g/mol. The molecule has 1 amide bonds. The van der Waals surface area contributed by atoms with E-state index in [-0.39, 0.29) is 21.7 Å². The predicted octanol–water partition coefficient (Wildman–Crippen LogP) is 4.54. The van der Waals surface area contributed by atoms with Crippen LogP contribution in [0.5, 0.6) is 0 Å². The van der Waals surface area contributed by atoms with Gasteiger partial charge in [-0.25, -0.2) is 0 Å². The Bertz CT molecular complexity index is 733. The van der Waals surface area contributed by atoms with Gasteiger partial charge in [0.2, 0.25) is 0 Å². The summed E-state index contributed by atoms with van der Waals surface area (Å²) in [5.41, 5.74) is 0.129. The molecule has 3 nitrogen and oxygen atoms in total. The van der Waals surface area contributed by atoms with Crippen LogP contribution in [0.15, 0.2) is 11.4 Å². The van der Waals surface area contributed by atoms with Crippen LogP contribution >= 0.6 is 11.3 Å². The molecule has 7 heteroatoms. The van der Waals surface area contributed by atoms with Crippen molar-refractivity contribution in [2.24, 2.45) is 0 Å². The van der Waals surface area contributed by atoms with Crippen LogP contribution in [0.4, 0.5) is 13.2 Å². The molecule has 1 saturated carbocycles.